The van der Waals surface area contributed by atoms with Gasteiger partial charge in [-0.25, -0.2) is 9.97 Å². The maximum Gasteiger partial charge on any atom is 0.182 e. The predicted molar refractivity (Wildman–Crippen MR) is 52.4 cm³/mol. The van der Waals surface area contributed by atoms with Gasteiger partial charge in [0.15, 0.2) is 17.2 Å². The van der Waals surface area contributed by atoms with Crippen molar-refractivity contribution in [1.82, 2.24) is 9.97 Å². The van der Waals surface area contributed by atoms with Crippen LogP contribution in [0.4, 0.5) is 0 Å². The van der Waals surface area contributed by atoms with Gasteiger partial charge in [0.05, 0.1) is 6.20 Å². The Kier molecular flexibility index (Phi) is 2.55. The van der Waals surface area contributed by atoms with Crippen molar-refractivity contribution in [1.29, 1.82) is 0 Å². The first-order valence-electron chi connectivity index (χ1n) is 4.40. The van der Waals surface area contributed by atoms with Crippen LogP contribution in [0.1, 0.15) is 44.0 Å². The van der Waals surface area contributed by atoms with Gasteiger partial charge in [-0.1, -0.05) is 20.8 Å². The van der Waals surface area contributed by atoms with Crippen LogP contribution in [0.5, 0.6) is 5.75 Å². The Bertz CT molecular complexity index is 367. The van der Waals surface area contributed by atoms with E-state index >= 15 is 0 Å². The van der Waals surface area contributed by atoms with E-state index in [-0.39, 0.29) is 22.6 Å². The van der Waals surface area contributed by atoms with Crippen molar-refractivity contribution in [2.24, 2.45) is 0 Å². The largest absolute Gasteiger partial charge is 0.504 e. The Morgan fingerprint density at radius 3 is 2.43 bits per heavy atom. The Labute approximate surface area is 83.0 Å². The van der Waals surface area contributed by atoms with Crippen LogP contribution in [0.15, 0.2) is 6.20 Å². The van der Waals surface area contributed by atoms with Crippen molar-refractivity contribution in [3.05, 3.63) is 17.7 Å². The fraction of sp³-hybridized carbons (Fsp3) is 0.500. The lowest BCUT2D eigenvalue weighted by atomic mass is 9.95. The number of aromatic hydroxyl groups is 1. The zero-order valence-electron chi connectivity index (χ0n) is 8.83. The van der Waals surface area contributed by atoms with Crippen molar-refractivity contribution < 1.29 is 9.90 Å². The van der Waals surface area contributed by atoms with Crippen molar-refractivity contribution in [3.63, 3.8) is 0 Å². The summed E-state index contributed by atoms with van der Waals surface area (Å²) in [6, 6.07) is 0. The van der Waals surface area contributed by atoms with Gasteiger partial charge in [-0.05, 0) is 0 Å². The molecule has 14 heavy (non-hydrogen) atoms. The van der Waals surface area contributed by atoms with Gasteiger partial charge in [0.2, 0.25) is 0 Å². The van der Waals surface area contributed by atoms with Crippen LogP contribution >= 0.6 is 0 Å². The Morgan fingerprint density at radius 2 is 2.00 bits per heavy atom. The summed E-state index contributed by atoms with van der Waals surface area (Å²) in [4.78, 5) is 19.1. The average Bonchev–Trinajstić information content (AvgIpc) is 2.02. The number of Topliss-reactive ketones (excluding diaryl/α,β-unsaturated/α-hetero) is 1. The van der Waals surface area contributed by atoms with E-state index in [9.17, 15) is 9.90 Å². The molecule has 4 nitrogen and oxygen atoms in total. The highest BCUT2D eigenvalue weighted by Crippen LogP contribution is 2.21. The molecule has 0 aromatic carbocycles. The SMILES string of the molecule is CC(=O)c1nc(C(C)(C)C)ncc1O. The number of aromatic nitrogens is 2. The number of ketones is 1. The molecular weight excluding hydrogens is 180 g/mol. The molecule has 1 rings (SSSR count). The van der Waals surface area contributed by atoms with Crippen molar-refractivity contribution in [2.75, 3.05) is 0 Å². The Hall–Kier alpha value is -1.45. The van der Waals surface area contributed by atoms with Crippen LogP contribution < -0.4 is 0 Å². The lowest BCUT2D eigenvalue weighted by Gasteiger charge is -2.16. The number of rotatable bonds is 1. The van der Waals surface area contributed by atoms with E-state index < -0.39 is 0 Å². The van der Waals surface area contributed by atoms with E-state index in [2.05, 4.69) is 9.97 Å². The first-order chi connectivity index (χ1) is 6.32. The smallest absolute Gasteiger partial charge is 0.182 e. The molecule has 76 valence electrons. The molecule has 0 fully saturated rings. The Balaban J connectivity index is 3.27. The molecule has 0 amide bonds. The molecule has 1 aromatic rings. The summed E-state index contributed by atoms with van der Waals surface area (Å²) < 4.78 is 0. The van der Waals surface area contributed by atoms with Crippen LogP contribution in [-0.2, 0) is 5.41 Å². The van der Waals surface area contributed by atoms with Crippen molar-refractivity contribution in [3.8, 4) is 5.75 Å². The van der Waals surface area contributed by atoms with Gasteiger partial charge in [0.25, 0.3) is 0 Å². The lowest BCUT2D eigenvalue weighted by molar-refractivity contribution is 0.100. The zero-order chi connectivity index (χ0) is 10.9. The fourth-order valence-electron chi connectivity index (χ4n) is 0.996. The van der Waals surface area contributed by atoms with E-state index in [0.29, 0.717) is 5.82 Å². The second-order valence-electron chi connectivity index (χ2n) is 4.23. The van der Waals surface area contributed by atoms with Gasteiger partial charge in [0.1, 0.15) is 5.82 Å². The number of nitrogens with zero attached hydrogens (tertiary/aromatic N) is 2. The molecule has 0 unspecified atom stereocenters. The van der Waals surface area contributed by atoms with Gasteiger partial charge in [0, 0.05) is 12.3 Å². The third-order valence-corrected chi connectivity index (χ3v) is 1.77. The predicted octanol–water partition coefficient (Wildman–Crippen LogP) is 1.68. The van der Waals surface area contributed by atoms with E-state index in [4.69, 9.17) is 0 Å². The third kappa shape index (κ3) is 2.07. The summed E-state index contributed by atoms with van der Waals surface area (Å²) in [6.07, 6.45) is 1.27. The molecule has 0 saturated heterocycles. The standard InChI is InChI=1S/C10H14N2O2/c1-6(13)8-7(14)5-11-9(12-8)10(2,3)4/h5,14H,1-4H3. The van der Waals surface area contributed by atoms with Gasteiger partial charge < -0.3 is 5.11 Å². The van der Waals surface area contributed by atoms with Crippen molar-refractivity contribution >= 4 is 5.78 Å². The number of carbonyl (C=O) groups is 1. The molecule has 0 radical (unpaired) electrons. The third-order valence-electron chi connectivity index (χ3n) is 1.77. The molecule has 1 heterocycles. The molecule has 0 aliphatic carbocycles. The number of hydrogen-bond donors (Lipinski definition) is 1. The summed E-state index contributed by atoms with van der Waals surface area (Å²) in [7, 11) is 0. The second kappa shape index (κ2) is 3.36. The quantitative estimate of drug-likeness (QED) is 0.691. The molecule has 0 saturated carbocycles. The summed E-state index contributed by atoms with van der Waals surface area (Å²) in [5.41, 5.74) is -0.136. The lowest BCUT2D eigenvalue weighted by Crippen LogP contribution is -2.17. The summed E-state index contributed by atoms with van der Waals surface area (Å²) in [5, 5.41) is 9.33. The molecule has 1 N–H and O–H groups in total. The molecule has 0 aliphatic rings. The monoisotopic (exact) mass is 194 g/mol. The minimum Gasteiger partial charge on any atom is -0.504 e. The minimum absolute atomic E-state index is 0.0879. The summed E-state index contributed by atoms with van der Waals surface area (Å²) in [5.74, 6) is 0.140. The maximum atomic E-state index is 11.1. The van der Waals surface area contributed by atoms with Gasteiger partial charge in [-0.3, -0.25) is 4.79 Å². The average molecular weight is 194 g/mol. The van der Waals surface area contributed by atoms with E-state index in [1.54, 1.807) is 0 Å². The van der Waals surface area contributed by atoms with Crippen LogP contribution in [0.3, 0.4) is 0 Å². The maximum absolute atomic E-state index is 11.1. The molecule has 0 spiro atoms. The highest BCUT2D eigenvalue weighted by molar-refractivity contribution is 5.94. The van der Waals surface area contributed by atoms with Crippen LogP contribution in [-0.4, -0.2) is 20.9 Å². The van der Waals surface area contributed by atoms with E-state index in [0.717, 1.165) is 0 Å². The topological polar surface area (TPSA) is 63.1 Å². The normalized spacial score (nSPS) is 11.4. The fourth-order valence-corrected chi connectivity index (χ4v) is 0.996. The Morgan fingerprint density at radius 1 is 1.43 bits per heavy atom. The van der Waals surface area contributed by atoms with Crippen molar-refractivity contribution in [2.45, 2.75) is 33.1 Å². The second-order valence-corrected chi connectivity index (χ2v) is 4.23. The molecule has 1 aromatic heterocycles. The van der Waals surface area contributed by atoms with E-state index in [1.807, 2.05) is 20.8 Å². The van der Waals surface area contributed by atoms with Crippen LogP contribution in [0.25, 0.3) is 0 Å². The first kappa shape index (κ1) is 10.6. The number of hydrogen-bond acceptors (Lipinski definition) is 4. The molecular formula is C10H14N2O2. The highest BCUT2D eigenvalue weighted by Gasteiger charge is 2.20. The first-order valence-corrected chi connectivity index (χ1v) is 4.40. The molecule has 0 aliphatic heterocycles. The summed E-state index contributed by atoms with van der Waals surface area (Å²) in [6.45, 7) is 7.21. The minimum atomic E-state index is -0.254. The zero-order valence-corrected chi connectivity index (χ0v) is 8.83. The molecule has 4 heteroatoms. The summed E-state index contributed by atoms with van der Waals surface area (Å²) >= 11 is 0. The number of carbonyl (C=O) groups excluding carboxylic acids is 1. The van der Waals surface area contributed by atoms with Crippen LogP contribution in [0.2, 0.25) is 0 Å². The van der Waals surface area contributed by atoms with Gasteiger partial charge in [-0.15, -0.1) is 0 Å². The van der Waals surface area contributed by atoms with Gasteiger partial charge in [-0.2, -0.15) is 0 Å². The highest BCUT2D eigenvalue weighted by atomic mass is 16.3. The van der Waals surface area contributed by atoms with E-state index in [1.165, 1.54) is 13.1 Å². The van der Waals surface area contributed by atoms with Crippen LogP contribution in [0, 0.1) is 0 Å². The molecule has 0 atom stereocenters. The molecule has 0 bridgehead atoms. The van der Waals surface area contributed by atoms with Gasteiger partial charge >= 0.3 is 0 Å².